The normalized spacial score (nSPS) is 16.6. The molecule has 1 fully saturated rings. The number of hydrogen-bond donors (Lipinski definition) is 1. The van der Waals surface area contributed by atoms with Crippen LogP contribution in [0.15, 0.2) is 9.52 Å². The summed E-state index contributed by atoms with van der Waals surface area (Å²) >= 11 is 0. The zero-order chi connectivity index (χ0) is 17.0. The van der Waals surface area contributed by atoms with E-state index in [4.69, 9.17) is 15.0 Å². The molecular formula is C14H24N6O3. The fourth-order valence-corrected chi connectivity index (χ4v) is 2.10. The van der Waals surface area contributed by atoms with E-state index in [-0.39, 0.29) is 12.6 Å². The Morgan fingerprint density at radius 1 is 1.30 bits per heavy atom. The molecule has 9 heteroatoms. The molecule has 0 bridgehead atoms. The molecule has 2 N–H and O–H groups in total. The Morgan fingerprint density at radius 3 is 2.43 bits per heavy atom. The van der Waals surface area contributed by atoms with Gasteiger partial charge in [0.1, 0.15) is 12.1 Å². The van der Waals surface area contributed by atoms with Crippen molar-refractivity contribution in [1.82, 2.24) is 19.9 Å². The van der Waals surface area contributed by atoms with E-state index in [1.165, 1.54) is 0 Å². The van der Waals surface area contributed by atoms with Gasteiger partial charge < -0.3 is 24.8 Å². The smallest absolute Gasteiger partial charge is 0.410 e. The van der Waals surface area contributed by atoms with Crippen molar-refractivity contribution in [3.05, 3.63) is 11.7 Å². The lowest BCUT2D eigenvalue weighted by Gasteiger charge is -2.36. The van der Waals surface area contributed by atoms with Gasteiger partial charge in [-0.2, -0.15) is 4.98 Å². The van der Waals surface area contributed by atoms with E-state index >= 15 is 0 Å². The highest BCUT2D eigenvalue weighted by Crippen LogP contribution is 2.11. The number of aryl methyl sites for hydroxylation is 1. The minimum absolute atomic E-state index is 0.273. The Kier molecular flexibility index (Phi) is 5.07. The van der Waals surface area contributed by atoms with Gasteiger partial charge >= 0.3 is 6.09 Å². The molecule has 0 radical (unpaired) electrons. The van der Waals surface area contributed by atoms with Crippen molar-refractivity contribution in [2.24, 2.45) is 10.7 Å². The first-order valence-corrected chi connectivity index (χ1v) is 7.56. The molecule has 2 rings (SSSR count). The number of amides is 1. The van der Waals surface area contributed by atoms with E-state index in [0.717, 1.165) is 0 Å². The van der Waals surface area contributed by atoms with E-state index in [1.54, 1.807) is 11.8 Å². The number of carbonyl (C=O) groups excluding carboxylic acids is 1. The molecule has 9 nitrogen and oxygen atoms in total. The van der Waals surface area contributed by atoms with Crippen LogP contribution in [-0.4, -0.2) is 63.8 Å². The minimum Gasteiger partial charge on any atom is -0.444 e. The number of hydrogen-bond acceptors (Lipinski definition) is 6. The van der Waals surface area contributed by atoms with Crippen molar-refractivity contribution in [3.8, 4) is 0 Å². The highest BCUT2D eigenvalue weighted by Gasteiger charge is 2.26. The molecule has 1 aromatic heterocycles. The van der Waals surface area contributed by atoms with Gasteiger partial charge in [-0.25, -0.2) is 9.79 Å². The zero-order valence-corrected chi connectivity index (χ0v) is 14.1. The van der Waals surface area contributed by atoms with E-state index in [9.17, 15) is 4.79 Å². The fourth-order valence-electron chi connectivity index (χ4n) is 2.10. The second kappa shape index (κ2) is 6.84. The number of aromatic nitrogens is 2. The first-order valence-electron chi connectivity index (χ1n) is 7.56. The van der Waals surface area contributed by atoms with Crippen LogP contribution in [-0.2, 0) is 11.3 Å². The van der Waals surface area contributed by atoms with Crippen molar-refractivity contribution in [3.63, 3.8) is 0 Å². The molecule has 0 spiro atoms. The van der Waals surface area contributed by atoms with Crippen LogP contribution >= 0.6 is 0 Å². The lowest BCUT2D eigenvalue weighted by Crippen LogP contribution is -2.53. The number of piperazine rings is 1. The molecule has 2 heterocycles. The lowest BCUT2D eigenvalue weighted by molar-refractivity contribution is 0.0186. The summed E-state index contributed by atoms with van der Waals surface area (Å²) in [6.45, 7) is 9.87. The fraction of sp³-hybridized carbons (Fsp3) is 0.714. The SMILES string of the molecule is Cc1nc(CN=C(N)N2CCN(C(=O)OC(C)(C)C)CC2)no1. The van der Waals surface area contributed by atoms with Gasteiger partial charge in [0.25, 0.3) is 0 Å². The summed E-state index contributed by atoms with van der Waals surface area (Å²) in [7, 11) is 0. The molecule has 1 aromatic rings. The molecule has 0 saturated carbocycles. The Hall–Kier alpha value is -2.32. The predicted octanol–water partition coefficient (Wildman–Crippen LogP) is 0.745. The Morgan fingerprint density at radius 2 is 1.91 bits per heavy atom. The zero-order valence-electron chi connectivity index (χ0n) is 14.1. The average Bonchev–Trinajstić information content (AvgIpc) is 2.89. The van der Waals surface area contributed by atoms with Gasteiger partial charge in [-0.3, -0.25) is 0 Å². The summed E-state index contributed by atoms with van der Waals surface area (Å²) in [5, 5.41) is 3.77. The van der Waals surface area contributed by atoms with Crippen molar-refractivity contribution in [1.29, 1.82) is 0 Å². The molecule has 1 saturated heterocycles. The molecule has 23 heavy (non-hydrogen) atoms. The van der Waals surface area contributed by atoms with Crippen molar-refractivity contribution in [2.45, 2.75) is 39.8 Å². The van der Waals surface area contributed by atoms with E-state index in [1.807, 2.05) is 25.7 Å². The molecule has 0 unspecified atom stereocenters. The van der Waals surface area contributed by atoms with E-state index in [0.29, 0.717) is 43.9 Å². The molecule has 1 aliphatic rings. The van der Waals surface area contributed by atoms with Crippen LogP contribution in [0, 0.1) is 6.92 Å². The van der Waals surface area contributed by atoms with Gasteiger partial charge in [0, 0.05) is 33.1 Å². The Bertz CT molecular complexity index is 569. The molecule has 1 aliphatic heterocycles. The van der Waals surface area contributed by atoms with Crippen LogP contribution < -0.4 is 5.73 Å². The maximum Gasteiger partial charge on any atom is 0.410 e. The Balaban J connectivity index is 1.82. The predicted molar refractivity (Wildman–Crippen MR) is 83.7 cm³/mol. The number of nitrogens with two attached hydrogens (primary N) is 1. The number of carbonyl (C=O) groups is 1. The van der Waals surface area contributed by atoms with Gasteiger partial charge in [-0.1, -0.05) is 5.16 Å². The van der Waals surface area contributed by atoms with Crippen LogP contribution in [0.5, 0.6) is 0 Å². The van der Waals surface area contributed by atoms with E-state index in [2.05, 4.69) is 15.1 Å². The van der Waals surface area contributed by atoms with Gasteiger partial charge in [-0.05, 0) is 20.8 Å². The second-order valence-corrected chi connectivity index (χ2v) is 6.36. The summed E-state index contributed by atoms with van der Waals surface area (Å²) in [6, 6.07) is 0. The number of ether oxygens (including phenoxy) is 1. The second-order valence-electron chi connectivity index (χ2n) is 6.36. The molecular weight excluding hydrogens is 300 g/mol. The number of aliphatic imine (C=N–C) groups is 1. The van der Waals surface area contributed by atoms with Crippen molar-refractivity contribution < 1.29 is 14.1 Å². The van der Waals surface area contributed by atoms with Crippen LogP contribution in [0.1, 0.15) is 32.5 Å². The highest BCUT2D eigenvalue weighted by molar-refractivity contribution is 5.78. The van der Waals surface area contributed by atoms with Crippen LogP contribution in [0.2, 0.25) is 0 Å². The molecule has 128 valence electrons. The van der Waals surface area contributed by atoms with Gasteiger partial charge in [0.05, 0.1) is 0 Å². The van der Waals surface area contributed by atoms with Gasteiger partial charge in [-0.15, -0.1) is 0 Å². The van der Waals surface area contributed by atoms with Crippen LogP contribution in [0.25, 0.3) is 0 Å². The van der Waals surface area contributed by atoms with Crippen LogP contribution in [0.4, 0.5) is 4.79 Å². The largest absolute Gasteiger partial charge is 0.444 e. The summed E-state index contributed by atoms with van der Waals surface area (Å²) < 4.78 is 10.2. The average molecular weight is 324 g/mol. The maximum atomic E-state index is 12.0. The van der Waals surface area contributed by atoms with Crippen molar-refractivity contribution >= 4 is 12.1 Å². The number of rotatable bonds is 2. The third-order valence-electron chi connectivity index (χ3n) is 3.21. The minimum atomic E-state index is -0.489. The third kappa shape index (κ3) is 5.11. The monoisotopic (exact) mass is 324 g/mol. The van der Waals surface area contributed by atoms with Gasteiger partial charge in [0.2, 0.25) is 5.89 Å². The first-order chi connectivity index (χ1) is 10.7. The van der Waals surface area contributed by atoms with Crippen LogP contribution in [0.3, 0.4) is 0 Å². The van der Waals surface area contributed by atoms with Crippen molar-refractivity contribution in [2.75, 3.05) is 26.2 Å². The standard InChI is InChI=1S/C14H24N6O3/c1-10-17-11(18-23-10)9-16-12(15)19-5-7-20(8-6-19)13(21)22-14(2,3)4/h5-9H2,1-4H3,(H2,15,16). The summed E-state index contributed by atoms with van der Waals surface area (Å²) in [5.41, 5.74) is 5.49. The van der Waals surface area contributed by atoms with Gasteiger partial charge in [0.15, 0.2) is 11.8 Å². The number of guanidine groups is 1. The summed E-state index contributed by atoms with van der Waals surface area (Å²) in [4.78, 5) is 23.9. The Labute approximate surface area is 135 Å². The summed E-state index contributed by atoms with van der Waals surface area (Å²) in [5.74, 6) is 1.41. The molecule has 0 aliphatic carbocycles. The highest BCUT2D eigenvalue weighted by atomic mass is 16.6. The molecule has 0 atom stereocenters. The quantitative estimate of drug-likeness (QED) is 0.631. The topological polar surface area (TPSA) is 110 Å². The number of nitrogens with zero attached hydrogens (tertiary/aromatic N) is 5. The first kappa shape index (κ1) is 17.0. The maximum absolute atomic E-state index is 12.0. The third-order valence-corrected chi connectivity index (χ3v) is 3.21. The molecule has 1 amide bonds. The molecule has 0 aromatic carbocycles. The lowest BCUT2D eigenvalue weighted by atomic mass is 10.2. The van der Waals surface area contributed by atoms with E-state index < -0.39 is 5.60 Å². The summed E-state index contributed by atoms with van der Waals surface area (Å²) in [6.07, 6.45) is -0.296.